The van der Waals surface area contributed by atoms with Crippen LogP contribution in [0, 0.1) is 0 Å². The third-order valence-corrected chi connectivity index (χ3v) is 4.75. The lowest BCUT2D eigenvalue weighted by Crippen LogP contribution is -2.49. The second-order valence-corrected chi connectivity index (χ2v) is 5.96. The van der Waals surface area contributed by atoms with Crippen LogP contribution in [0.5, 0.6) is 0 Å². The quantitative estimate of drug-likeness (QED) is 0.848. The normalized spacial score (nSPS) is 20.8. The van der Waals surface area contributed by atoms with E-state index in [-0.39, 0.29) is 5.91 Å². The van der Waals surface area contributed by atoms with Gasteiger partial charge in [0.2, 0.25) is 5.91 Å². The van der Waals surface area contributed by atoms with Crippen LogP contribution in [-0.2, 0) is 17.8 Å². The second kappa shape index (κ2) is 5.38. The molecule has 1 aromatic heterocycles. The summed E-state index contributed by atoms with van der Waals surface area (Å²) in [5, 5.41) is 5.45. The summed E-state index contributed by atoms with van der Waals surface area (Å²) < 4.78 is 0. The molecule has 4 nitrogen and oxygen atoms in total. The summed E-state index contributed by atoms with van der Waals surface area (Å²) >= 11 is 1.82. The lowest BCUT2D eigenvalue weighted by atomic mass is 10.1. The number of carbonyl (C=O) groups excluding carboxylic acids is 1. The smallest absolute Gasteiger partial charge is 0.237 e. The monoisotopic (exact) mass is 265 g/mol. The number of nitrogens with zero attached hydrogens (tertiary/aromatic N) is 2. The van der Waals surface area contributed by atoms with E-state index in [1.165, 1.54) is 10.4 Å². The maximum absolute atomic E-state index is 12.3. The van der Waals surface area contributed by atoms with Crippen LogP contribution >= 0.6 is 11.3 Å². The molecule has 1 saturated heterocycles. The Labute approximate surface area is 112 Å². The molecule has 0 aliphatic carbocycles. The van der Waals surface area contributed by atoms with E-state index in [9.17, 15) is 4.79 Å². The van der Waals surface area contributed by atoms with Crippen molar-refractivity contribution in [2.24, 2.45) is 0 Å². The minimum absolute atomic E-state index is 0.286. The van der Waals surface area contributed by atoms with Gasteiger partial charge < -0.3 is 10.2 Å². The molecule has 0 spiro atoms. The lowest BCUT2D eigenvalue weighted by Gasteiger charge is -2.31. The third-order valence-electron chi connectivity index (χ3n) is 3.73. The van der Waals surface area contributed by atoms with Crippen molar-refractivity contribution in [2.45, 2.75) is 13.0 Å². The molecule has 0 saturated carbocycles. The molecule has 1 fully saturated rings. The fourth-order valence-corrected chi connectivity index (χ4v) is 3.51. The van der Waals surface area contributed by atoms with Gasteiger partial charge in [-0.25, -0.2) is 0 Å². The van der Waals surface area contributed by atoms with Gasteiger partial charge in [-0.2, -0.15) is 0 Å². The Morgan fingerprint density at radius 3 is 3.00 bits per heavy atom. The molecule has 0 atom stereocenters. The first-order chi connectivity index (χ1) is 8.83. The molecule has 2 aliphatic heterocycles. The van der Waals surface area contributed by atoms with Crippen LogP contribution in [0.2, 0.25) is 0 Å². The number of thiophene rings is 1. The van der Waals surface area contributed by atoms with Crippen LogP contribution in [0.25, 0.3) is 0 Å². The zero-order chi connectivity index (χ0) is 12.4. The van der Waals surface area contributed by atoms with Gasteiger partial charge in [-0.3, -0.25) is 9.69 Å². The van der Waals surface area contributed by atoms with E-state index in [4.69, 9.17) is 0 Å². The molecule has 0 bridgehead atoms. The number of hydrogen-bond acceptors (Lipinski definition) is 4. The zero-order valence-corrected chi connectivity index (χ0v) is 11.3. The van der Waals surface area contributed by atoms with Gasteiger partial charge in [-0.1, -0.05) is 0 Å². The van der Waals surface area contributed by atoms with Crippen molar-refractivity contribution in [3.05, 3.63) is 21.9 Å². The minimum atomic E-state index is 0.286. The molecular formula is C13H19N3OS. The molecule has 0 aromatic carbocycles. The highest BCUT2D eigenvalue weighted by Crippen LogP contribution is 2.23. The Hall–Kier alpha value is -0.910. The summed E-state index contributed by atoms with van der Waals surface area (Å²) in [5.41, 5.74) is 1.35. The van der Waals surface area contributed by atoms with Crippen LogP contribution in [-0.4, -0.2) is 55.0 Å². The predicted octanol–water partition coefficient (Wildman–Crippen LogP) is 0.538. The highest BCUT2D eigenvalue weighted by Gasteiger charge is 2.23. The van der Waals surface area contributed by atoms with E-state index >= 15 is 0 Å². The SMILES string of the molecule is O=C(CN1CCNCC1)N1CCc2sccc2C1. The van der Waals surface area contributed by atoms with Crippen molar-refractivity contribution < 1.29 is 4.79 Å². The average molecular weight is 265 g/mol. The summed E-state index contributed by atoms with van der Waals surface area (Å²) in [6, 6.07) is 2.16. The van der Waals surface area contributed by atoms with Gasteiger partial charge in [-0.15, -0.1) is 11.3 Å². The summed E-state index contributed by atoms with van der Waals surface area (Å²) in [6.07, 6.45) is 1.03. The fraction of sp³-hybridized carbons (Fsp3) is 0.615. The van der Waals surface area contributed by atoms with E-state index in [2.05, 4.69) is 21.7 Å². The molecule has 3 heterocycles. The standard InChI is InChI=1S/C13H19N3OS/c17-13(10-15-6-3-14-4-7-15)16-5-1-12-11(9-16)2-8-18-12/h2,8,14H,1,3-7,9-10H2. The summed E-state index contributed by atoms with van der Waals surface area (Å²) in [4.78, 5) is 18.0. The van der Waals surface area contributed by atoms with Gasteiger partial charge in [-0.05, 0) is 23.4 Å². The molecular weight excluding hydrogens is 246 g/mol. The second-order valence-electron chi connectivity index (χ2n) is 4.96. The largest absolute Gasteiger partial charge is 0.337 e. The molecule has 3 rings (SSSR count). The van der Waals surface area contributed by atoms with Gasteiger partial charge in [0.15, 0.2) is 0 Å². The van der Waals surface area contributed by atoms with E-state index in [1.54, 1.807) is 0 Å². The van der Waals surface area contributed by atoms with E-state index in [1.807, 2.05) is 16.2 Å². The fourth-order valence-electron chi connectivity index (χ4n) is 2.62. The number of rotatable bonds is 2. The van der Waals surface area contributed by atoms with Crippen LogP contribution in [0.15, 0.2) is 11.4 Å². The highest BCUT2D eigenvalue weighted by molar-refractivity contribution is 7.10. The van der Waals surface area contributed by atoms with E-state index in [0.717, 1.165) is 45.7 Å². The number of fused-ring (bicyclic) bond motifs is 1. The zero-order valence-electron chi connectivity index (χ0n) is 10.5. The van der Waals surface area contributed by atoms with Crippen LogP contribution in [0.3, 0.4) is 0 Å². The van der Waals surface area contributed by atoms with Gasteiger partial charge >= 0.3 is 0 Å². The van der Waals surface area contributed by atoms with Crippen molar-refractivity contribution in [2.75, 3.05) is 39.3 Å². The summed E-state index contributed by atoms with van der Waals surface area (Å²) in [7, 11) is 0. The first-order valence-corrected chi connectivity index (χ1v) is 7.47. The maximum Gasteiger partial charge on any atom is 0.237 e. The summed E-state index contributed by atoms with van der Waals surface area (Å²) in [6.45, 7) is 6.26. The Morgan fingerprint density at radius 1 is 1.33 bits per heavy atom. The molecule has 2 aliphatic rings. The number of carbonyl (C=O) groups is 1. The first kappa shape index (κ1) is 12.1. The van der Waals surface area contributed by atoms with Gasteiger partial charge in [0, 0.05) is 44.1 Å². The van der Waals surface area contributed by atoms with E-state index in [0.29, 0.717) is 6.54 Å². The number of hydrogen-bond donors (Lipinski definition) is 1. The molecule has 98 valence electrons. The van der Waals surface area contributed by atoms with Gasteiger partial charge in [0.1, 0.15) is 0 Å². The molecule has 1 aromatic rings. The highest BCUT2D eigenvalue weighted by atomic mass is 32.1. The van der Waals surface area contributed by atoms with Crippen molar-refractivity contribution in [1.82, 2.24) is 15.1 Å². The molecule has 0 radical (unpaired) electrons. The maximum atomic E-state index is 12.3. The van der Waals surface area contributed by atoms with Crippen molar-refractivity contribution in [3.8, 4) is 0 Å². The molecule has 1 N–H and O–H groups in total. The Balaban J connectivity index is 1.57. The summed E-state index contributed by atoms with van der Waals surface area (Å²) in [5.74, 6) is 0.286. The predicted molar refractivity (Wildman–Crippen MR) is 72.7 cm³/mol. The Kier molecular flexibility index (Phi) is 3.63. The van der Waals surface area contributed by atoms with Crippen LogP contribution in [0.1, 0.15) is 10.4 Å². The van der Waals surface area contributed by atoms with Gasteiger partial charge in [0.25, 0.3) is 0 Å². The average Bonchev–Trinajstić information content (AvgIpc) is 2.87. The van der Waals surface area contributed by atoms with Crippen molar-refractivity contribution in [3.63, 3.8) is 0 Å². The lowest BCUT2D eigenvalue weighted by molar-refractivity contribution is -0.133. The Bertz CT molecular complexity index is 426. The van der Waals surface area contributed by atoms with Gasteiger partial charge in [0.05, 0.1) is 6.54 Å². The number of amides is 1. The first-order valence-electron chi connectivity index (χ1n) is 6.59. The van der Waals surface area contributed by atoms with Crippen molar-refractivity contribution >= 4 is 17.2 Å². The topological polar surface area (TPSA) is 35.6 Å². The van der Waals surface area contributed by atoms with Crippen molar-refractivity contribution in [1.29, 1.82) is 0 Å². The molecule has 18 heavy (non-hydrogen) atoms. The minimum Gasteiger partial charge on any atom is -0.337 e. The van der Waals surface area contributed by atoms with Crippen LogP contribution < -0.4 is 5.32 Å². The number of piperazine rings is 1. The Morgan fingerprint density at radius 2 is 2.17 bits per heavy atom. The molecule has 0 unspecified atom stereocenters. The third kappa shape index (κ3) is 2.58. The molecule has 1 amide bonds. The van der Waals surface area contributed by atoms with E-state index < -0.39 is 0 Å². The molecule has 5 heteroatoms. The van der Waals surface area contributed by atoms with Crippen LogP contribution in [0.4, 0.5) is 0 Å². The number of nitrogens with one attached hydrogen (secondary N) is 1.